The van der Waals surface area contributed by atoms with E-state index in [1.54, 1.807) is 0 Å². The van der Waals surface area contributed by atoms with Crippen LogP contribution in [-0.2, 0) is 0 Å². The summed E-state index contributed by atoms with van der Waals surface area (Å²) in [5.74, 6) is 0. The highest BCUT2D eigenvalue weighted by molar-refractivity contribution is 4.65. The Hall–Kier alpha value is -0.120. The lowest BCUT2D eigenvalue weighted by Gasteiger charge is -2.13. The lowest BCUT2D eigenvalue weighted by molar-refractivity contribution is 0.0191. The van der Waals surface area contributed by atoms with Crippen molar-refractivity contribution in [2.24, 2.45) is 0 Å². The van der Waals surface area contributed by atoms with Crippen molar-refractivity contribution in [3.05, 3.63) is 0 Å². The second-order valence-electron chi connectivity index (χ2n) is 2.13. The van der Waals surface area contributed by atoms with Gasteiger partial charge in [-0.25, -0.2) is 0 Å². The molecule has 3 heteroatoms. The first-order valence-electron chi connectivity index (χ1n) is 3.23. The molecule has 1 radical (unpaired) electrons. The van der Waals surface area contributed by atoms with Crippen molar-refractivity contribution in [3.8, 4) is 0 Å². The van der Waals surface area contributed by atoms with E-state index >= 15 is 0 Å². The Morgan fingerprint density at radius 2 is 1.89 bits per heavy atom. The first-order chi connectivity index (χ1) is 4.22. The maximum atomic E-state index is 8.95. The van der Waals surface area contributed by atoms with Crippen molar-refractivity contribution in [1.82, 2.24) is 5.73 Å². The average molecular weight is 132 g/mol. The molecule has 55 valence electrons. The molecule has 0 aromatic carbocycles. The maximum Gasteiger partial charge on any atom is 0.0936 e. The molecule has 0 amide bonds. The largest absolute Gasteiger partial charge is 0.390 e. The highest BCUT2D eigenvalue weighted by atomic mass is 16.3. The molecule has 0 rings (SSSR count). The van der Waals surface area contributed by atoms with Gasteiger partial charge in [0.2, 0.25) is 0 Å². The summed E-state index contributed by atoms with van der Waals surface area (Å²) in [6.07, 6.45) is -0.129. The standard InChI is InChI=1S/C6H14NO2/c1-2-3-5(8)6(9)4-7/h5-9H,2-4H2,1H3. The third-order valence-electron chi connectivity index (χ3n) is 1.24. The number of nitrogens with one attached hydrogen (secondary N) is 1. The van der Waals surface area contributed by atoms with E-state index in [1.807, 2.05) is 6.92 Å². The zero-order valence-electron chi connectivity index (χ0n) is 5.67. The maximum absolute atomic E-state index is 8.95. The van der Waals surface area contributed by atoms with E-state index in [4.69, 9.17) is 15.9 Å². The molecule has 0 saturated heterocycles. The van der Waals surface area contributed by atoms with Gasteiger partial charge in [-0.05, 0) is 6.42 Å². The van der Waals surface area contributed by atoms with Crippen molar-refractivity contribution < 1.29 is 10.2 Å². The topological polar surface area (TPSA) is 64.3 Å². The molecule has 2 unspecified atom stereocenters. The molecule has 0 heterocycles. The SMILES string of the molecule is CCCC(O)C(O)C[NH]. The first kappa shape index (κ1) is 8.88. The van der Waals surface area contributed by atoms with E-state index < -0.39 is 12.2 Å². The molecular weight excluding hydrogens is 118 g/mol. The molecular formula is C6H14NO2. The quantitative estimate of drug-likeness (QED) is 0.556. The van der Waals surface area contributed by atoms with E-state index in [9.17, 15) is 0 Å². The van der Waals surface area contributed by atoms with Crippen LogP contribution in [0.4, 0.5) is 0 Å². The molecule has 0 fully saturated rings. The molecule has 0 aliphatic carbocycles. The Kier molecular flexibility index (Phi) is 4.67. The van der Waals surface area contributed by atoms with E-state index in [1.165, 1.54) is 0 Å². The predicted molar refractivity (Wildman–Crippen MR) is 34.9 cm³/mol. The number of aliphatic hydroxyl groups is 2. The molecule has 9 heavy (non-hydrogen) atoms. The molecule has 0 spiro atoms. The third kappa shape index (κ3) is 3.46. The van der Waals surface area contributed by atoms with Gasteiger partial charge in [0, 0.05) is 6.54 Å². The van der Waals surface area contributed by atoms with Crippen LogP contribution in [0.25, 0.3) is 0 Å². The number of hydrogen-bond donors (Lipinski definition) is 2. The molecule has 0 aromatic heterocycles. The van der Waals surface area contributed by atoms with Gasteiger partial charge in [0.25, 0.3) is 0 Å². The number of aliphatic hydroxyl groups excluding tert-OH is 2. The van der Waals surface area contributed by atoms with E-state index in [0.29, 0.717) is 6.42 Å². The van der Waals surface area contributed by atoms with Gasteiger partial charge in [0.1, 0.15) is 0 Å². The fraction of sp³-hybridized carbons (Fsp3) is 1.00. The summed E-state index contributed by atoms with van der Waals surface area (Å²) in [4.78, 5) is 0. The van der Waals surface area contributed by atoms with Gasteiger partial charge in [0.05, 0.1) is 12.2 Å². The van der Waals surface area contributed by atoms with Crippen molar-refractivity contribution in [2.45, 2.75) is 32.0 Å². The number of hydrogen-bond acceptors (Lipinski definition) is 2. The summed E-state index contributed by atoms with van der Waals surface area (Å²) in [7, 11) is 0. The summed E-state index contributed by atoms with van der Waals surface area (Å²) in [5, 5.41) is 17.8. The van der Waals surface area contributed by atoms with Crippen LogP contribution < -0.4 is 5.73 Å². The highest BCUT2D eigenvalue weighted by Crippen LogP contribution is 2.00. The fourth-order valence-electron chi connectivity index (χ4n) is 0.624. The monoisotopic (exact) mass is 132 g/mol. The van der Waals surface area contributed by atoms with E-state index in [0.717, 1.165) is 6.42 Å². The Bertz CT molecular complexity index is 68.1. The minimum atomic E-state index is -0.857. The van der Waals surface area contributed by atoms with Crippen LogP contribution in [0, 0.1) is 0 Å². The Balaban J connectivity index is 3.32. The van der Waals surface area contributed by atoms with Gasteiger partial charge < -0.3 is 10.2 Å². The fourth-order valence-corrected chi connectivity index (χ4v) is 0.624. The van der Waals surface area contributed by atoms with Gasteiger partial charge in [-0.3, -0.25) is 5.73 Å². The van der Waals surface area contributed by atoms with Crippen LogP contribution in [0.3, 0.4) is 0 Å². The van der Waals surface area contributed by atoms with Crippen LogP contribution >= 0.6 is 0 Å². The van der Waals surface area contributed by atoms with Crippen molar-refractivity contribution in [1.29, 1.82) is 0 Å². The minimum absolute atomic E-state index is 0.110. The van der Waals surface area contributed by atoms with Gasteiger partial charge in [-0.15, -0.1) is 0 Å². The van der Waals surface area contributed by atoms with Crippen molar-refractivity contribution >= 4 is 0 Å². The summed E-state index contributed by atoms with van der Waals surface area (Å²) in [5.41, 5.74) is 6.71. The smallest absolute Gasteiger partial charge is 0.0936 e. The zero-order chi connectivity index (χ0) is 7.28. The number of rotatable bonds is 4. The predicted octanol–water partition coefficient (Wildman–Crippen LogP) is -0.209. The van der Waals surface area contributed by atoms with Crippen LogP contribution in [0.1, 0.15) is 19.8 Å². The van der Waals surface area contributed by atoms with Crippen LogP contribution in [0.5, 0.6) is 0 Å². The minimum Gasteiger partial charge on any atom is -0.390 e. The zero-order valence-corrected chi connectivity index (χ0v) is 5.67. The van der Waals surface area contributed by atoms with Crippen molar-refractivity contribution in [2.75, 3.05) is 6.54 Å². The first-order valence-corrected chi connectivity index (χ1v) is 3.23. The van der Waals surface area contributed by atoms with Crippen molar-refractivity contribution in [3.63, 3.8) is 0 Å². The van der Waals surface area contributed by atoms with Crippen LogP contribution in [0.2, 0.25) is 0 Å². The highest BCUT2D eigenvalue weighted by Gasteiger charge is 2.12. The summed E-state index contributed by atoms with van der Waals surface area (Å²) in [6.45, 7) is 1.82. The van der Waals surface area contributed by atoms with E-state index in [-0.39, 0.29) is 6.54 Å². The molecule has 0 aliphatic heterocycles. The summed E-state index contributed by atoms with van der Waals surface area (Å²) < 4.78 is 0. The molecule has 0 aliphatic rings. The Morgan fingerprint density at radius 3 is 2.22 bits per heavy atom. The van der Waals surface area contributed by atoms with Crippen LogP contribution in [0.15, 0.2) is 0 Å². The average Bonchev–Trinajstić information content (AvgIpc) is 1.87. The lowest BCUT2D eigenvalue weighted by atomic mass is 10.1. The Morgan fingerprint density at radius 1 is 1.33 bits per heavy atom. The molecule has 0 aromatic rings. The summed E-state index contributed by atoms with van der Waals surface area (Å²) >= 11 is 0. The van der Waals surface area contributed by atoms with Gasteiger partial charge in [-0.2, -0.15) is 0 Å². The Labute approximate surface area is 55.5 Å². The lowest BCUT2D eigenvalue weighted by Crippen LogP contribution is -2.29. The van der Waals surface area contributed by atoms with E-state index in [2.05, 4.69) is 0 Å². The molecule has 0 bridgehead atoms. The molecule has 0 saturated carbocycles. The summed E-state index contributed by atoms with van der Waals surface area (Å²) in [6, 6.07) is 0. The molecule has 2 atom stereocenters. The normalized spacial score (nSPS) is 17.3. The second-order valence-corrected chi connectivity index (χ2v) is 2.13. The van der Waals surface area contributed by atoms with Crippen LogP contribution in [-0.4, -0.2) is 29.0 Å². The molecule has 3 nitrogen and oxygen atoms in total. The second kappa shape index (κ2) is 4.73. The van der Waals surface area contributed by atoms with Gasteiger partial charge in [-0.1, -0.05) is 13.3 Å². The molecule has 3 N–H and O–H groups in total. The third-order valence-corrected chi connectivity index (χ3v) is 1.24. The van der Waals surface area contributed by atoms with Gasteiger partial charge in [0.15, 0.2) is 0 Å². The van der Waals surface area contributed by atoms with Gasteiger partial charge >= 0.3 is 0 Å².